The lowest BCUT2D eigenvalue weighted by molar-refractivity contribution is 0.451. The average Bonchev–Trinajstić information content (AvgIpc) is 2.80. The summed E-state index contributed by atoms with van der Waals surface area (Å²) in [6.45, 7) is 3.67. The first-order valence-corrected chi connectivity index (χ1v) is 6.55. The number of rotatable bonds is 5. The number of benzene rings is 1. The maximum absolute atomic E-state index is 6.11. The van der Waals surface area contributed by atoms with E-state index in [0.717, 1.165) is 18.7 Å². The van der Waals surface area contributed by atoms with Gasteiger partial charge in [0.1, 0.15) is 0 Å². The molecule has 2 rings (SSSR count). The summed E-state index contributed by atoms with van der Waals surface area (Å²) >= 11 is 12.0. The first-order chi connectivity index (χ1) is 8.65. The lowest BCUT2D eigenvalue weighted by Gasteiger charge is -2.14. The Bertz CT molecular complexity index is 497. The molecule has 1 atom stereocenters. The van der Waals surface area contributed by atoms with E-state index in [1.165, 1.54) is 0 Å². The molecular formula is C13H15Cl2N3. The van der Waals surface area contributed by atoms with Gasteiger partial charge < -0.3 is 5.32 Å². The summed E-state index contributed by atoms with van der Waals surface area (Å²) in [5.74, 6) is 0. The van der Waals surface area contributed by atoms with Crippen LogP contribution in [0.3, 0.4) is 0 Å². The van der Waals surface area contributed by atoms with Gasteiger partial charge in [-0.15, -0.1) is 0 Å². The highest BCUT2D eigenvalue weighted by molar-refractivity contribution is 6.35. The van der Waals surface area contributed by atoms with Gasteiger partial charge in [0.05, 0.1) is 6.54 Å². The van der Waals surface area contributed by atoms with E-state index in [2.05, 4.69) is 17.3 Å². The van der Waals surface area contributed by atoms with Crippen molar-refractivity contribution >= 4 is 23.2 Å². The molecule has 0 radical (unpaired) electrons. The van der Waals surface area contributed by atoms with Crippen molar-refractivity contribution in [1.29, 1.82) is 0 Å². The molecule has 3 nitrogen and oxygen atoms in total. The fraction of sp³-hybridized carbons (Fsp3) is 0.308. The van der Waals surface area contributed by atoms with E-state index in [9.17, 15) is 0 Å². The molecule has 0 fully saturated rings. The molecule has 1 unspecified atom stereocenters. The second-order valence-electron chi connectivity index (χ2n) is 4.25. The summed E-state index contributed by atoms with van der Waals surface area (Å²) < 4.78 is 1.90. The van der Waals surface area contributed by atoms with Crippen molar-refractivity contribution in [2.24, 2.45) is 0 Å². The van der Waals surface area contributed by atoms with Gasteiger partial charge in [-0.1, -0.05) is 29.3 Å². The highest BCUT2D eigenvalue weighted by atomic mass is 35.5. The fourth-order valence-electron chi connectivity index (χ4n) is 1.70. The molecule has 0 aliphatic rings. The smallest absolute Gasteiger partial charge is 0.0560 e. The summed E-state index contributed by atoms with van der Waals surface area (Å²) in [5.41, 5.74) is 1.05. The average molecular weight is 284 g/mol. The van der Waals surface area contributed by atoms with Crippen LogP contribution in [-0.2, 0) is 13.1 Å². The Morgan fingerprint density at radius 1 is 1.39 bits per heavy atom. The van der Waals surface area contributed by atoms with Crippen LogP contribution in [0.15, 0.2) is 36.7 Å². The van der Waals surface area contributed by atoms with Crippen molar-refractivity contribution in [2.45, 2.75) is 26.1 Å². The van der Waals surface area contributed by atoms with E-state index < -0.39 is 0 Å². The lowest BCUT2D eigenvalue weighted by atomic mass is 10.2. The maximum atomic E-state index is 6.11. The van der Waals surface area contributed by atoms with E-state index in [1.807, 2.05) is 29.1 Å². The summed E-state index contributed by atoms with van der Waals surface area (Å²) in [4.78, 5) is 0. The third-order valence-electron chi connectivity index (χ3n) is 2.68. The zero-order valence-corrected chi connectivity index (χ0v) is 11.6. The third kappa shape index (κ3) is 3.73. The molecule has 1 N–H and O–H groups in total. The second-order valence-corrected chi connectivity index (χ2v) is 5.09. The molecule has 1 aromatic heterocycles. The van der Waals surface area contributed by atoms with E-state index in [0.29, 0.717) is 16.1 Å². The highest BCUT2D eigenvalue weighted by Gasteiger charge is 2.05. The molecule has 0 aliphatic heterocycles. The summed E-state index contributed by atoms with van der Waals surface area (Å²) in [5, 5.41) is 8.94. The molecule has 1 heterocycles. The van der Waals surface area contributed by atoms with Crippen LogP contribution in [0.5, 0.6) is 0 Å². The summed E-state index contributed by atoms with van der Waals surface area (Å²) in [6, 6.07) is 7.79. The maximum Gasteiger partial charge on any atom is 0.0560 e. The van der Waals surface area contributed by atoms with Gasteiger partial charge in [0, 0.05) is 35.0 Å². The number of hydrogen-bond donors (Lipinski definition) is 1. The quantitative estimate of drug-likeness (QED) is 0.912. The van der Waals surface area contributed by atoms with Gasteiger partial charge in [0.15, 0.2) is 0 Å². The minimum Gasteiger partial charge on any atom is -0.308 e. The topological polar surface area (TPSA) is 29.9 Å². The van der Waals surface area contributed by atoms with Crippen LogP contribution in [0, 0.1) is 0 Å². The van der Waals surface area contributed by atoms with Crippen molar-refractivity contribution in [1.82, 2.24) is 15.1 Å². The minimum absolute atomic E-state index is 0.316. The Balaban J connectivity index is 1.87. The molecule has 0 spiro atoms. The van der Waals surface area contributed by atoms with Gasteiger partial charge in [-0.2, -0.15) is 5.10 Å². The Hall–Kier alpha value is -1.03. The highest BCUT2D eigenvalue weighted by Crippen LogP contribution is 2.20. The SMILES string of the molecule is CC(Cn1cccn1)NCc1ccc(Cl)cc1Cl. The van der Waals surface area contributed by atoms with Crippen molar-refractivity contribution in [3.63, 3.8) is 0 Å². The summed E-state index contributed by atoms with van der Waals surface area (Å²) in [7, 11) is 0. The second kappa shape index (κ2) is 6.23. The fourth-order valence-corrected chi connectivity index (χ4v) is 2.18. The van der Waals surface area contributed by atoms with Gasteiger partial charge in [-0.3, -0.25) is 4.68 Å². The van der Waals surface area contributed by atoms with Gasteiger partial charge in [-0.05, 0) is 30.7 Å². The van der Waals surface area contributed by atoms with Gasteiger partial charge >= 0.3 is 0 Å². The lowest BCUT2D eigenvalue weighted by Crippen LogP contribution is -2.30. The third-order valence-corrected chi connectivity index (χ3v) is 3.26. The molecule has 96 valence electrons. The molecule has 2 aromatic rings. The first kappa shape index (κ1) is 13.4. The Labute approximate surface area is 117 Å². The van der Waals surface area contributed by atoms with Gasteiger partial charge in [0.25, 0.3) is 0 Å². The number of nitrogens with one attached hydrogen (secondary N) is 1. The molecule has 0 aliphatic carbocycles. The number of nitrogens with zero attached hydrogens (tertiary/aromatic N) is 2. The van der Waals surface area contributed by atoms with Crippen molar-refractivity contribution in [3.05, 3.63) is 52.3 Å². The Kier molecular flexibility index (Phi) is 4.64. The van der Waals surface area contributed by atoms with Crippen LogP contribution in [0.4, 0.5) is 0 Å². The predicted octanol–water partition coefficient (Wildman–Crippen LogP) is 3.37. The molecule has 18 heavy (non-hydrogen) atoms. The van der Waals surface area contributed by atoms with E-state index in [1.54, 1.807) is 12.3 Å². The molecule has 0 bridgehead atoms. The number of aromatic nitrogens is 2. The van der Waals surface area contributed by atoms with Crippen LogP contribution >= 0.6 is 23.2 Å². The molecule has 0 saturated carbocycles. The molecule has 0 amide bonds. The van der Waals surface area contributed by atoms with E-state index in [4.69, 9.17) is 23.2 Å². The number of hydrogen-bond acceptors (Lipinski definition) is 2. The van der Waals surface area contributed by atoms with Crippen LogP contribution < -0.4 is 5.32 Å². The van der Waals surface area contributed by atoms with Crippen LogP contribution in [0.2, 0.25) is 10.0 Å². The van der Waals surface area contributed by atoms with Crippen molar-refractivity contribution in [3.8, 4) is 0 Å². The van der Waals surface area contributed by atoms with Crippen molar-refractivity contribution in [2.75, 3.05) is 0 Å². The predicted molar refractivity (Wildman–Crippen MR) is 75.0 cm³/mol. The molecule has 5 heteroatoms. The number of halogens is 2. The largest absolute Gasteiger partial charge is 0.308 e. The Morgan fingerprint density at radius 2 is 2.22 bits per heavy atom. The normalized spacial score (nSPS) is 12.6. The first-order valence-electron chi connectivity index (χ1n) is 5.80. The van der Waals surface area contributed by atoms with Gasteiger partial charge in [-0.25, -0.2) is 0 Å². The molecular weight excluding hydrogens is 269 g/mol. The van der Waals surface area contributed by atoms with Crippen LogP contribution in [-0.4, -0.2) is 15.8 Å². The molecule has 1 aromatic carbocycles. The van der Waals surface area contributed by atoms with Crippen LogP contribution in [0.1, 0.15) is 12.5 Å². The Morgan fingerprint density at radius 3 is 2.89 bits per heavy atom. The monoisotopic (exact) mass is 283 g/mol. The summed E-state index contributed by atoms with van der Waals surface area (Å²) in [6.07, 6.45) is 3.73. The zero-order valence-electron chi connectivity index (χ0n) is 10.1. The van der Waals surface area contributed by atoms with Gasteiger partial charge in [0.2, 0.25) is 0 Å². The van der Waals surface area contributed by atoms with Crippen molar-refractivity contribution < 1.29 is 0 Å². The van der Waals surface area contributed by atoms with Crippen LogP contribution in [0.25, 0.3) is 0 Å². The standard InChI is InChI=1S/C13H15Cl2N3/c1-10(9-18-6-2-5-17-18)16-8-11-3-4-12(14)7-13(11)15/h2-7,10,16H,8-9H2,1H3. The minimum atomic E-state index is 0.316. The van der Waals surface area contributed by atoms with E-state index in [-0.39, 0.29) is 0 Å². The van der Waals surface area contributed by atoms with E-state index >= 15 is 0 Å². The molecule has 0 saturated heterocycles. The zero-order chi connectivity index (χ0) is 13.0.